The van der Waals surface area contributed by atoms with E-state index in [0.29, 0.717) is 0 Å². The molecule has 1 N–H and O–H groups in total. The van der Waals surface area contributed by atoms with Gasteiger partial charge < -0.3 is 14.7 Å². The highest BCUT2D eigenvalue weighted by atomic mass is 16.5. The summed E-state index contributed by atoms with van der Waals surface area (Å²) < 4.78 is 5.91. The van der Waals surface area contributed by atoms with Crippen LogP contribution in [0.1, 0.15) is 39.4 Å². The maximum absolute atomic E-state index is 9.52. The van der Waals surface area contributed by atoms with E-state index in [4.69, 9.17) is 4.74 Å². The van der Waals surface area contributed by atoms with E-state index in [1.54, 1.807) is 6.92 Å². The van der Waals surface area contributed by atoms with E-state index in [-0.39, 0.29) is 11.7 Å². The van der Waals surface area contributed by atoms with E-state index in [1.165, 1.54) is 5.69 Å². The second kappa shape index (κ2) is 4.90. The fraction of sp³-hybridized carbons (Fsp3) is 0.600. The summed E-state index contributed by atoms with van der Waals surface area (Å²) in [6.45, 7) is 9.95. The predicted octanol–water partition coefficient (Wildman–Crippen LogP) is 2.74. The van der Waals surface area contributed by atoms with Gasteiger partial charge in [0, 0.05) is 18.8 Å². The Morgan fingerprint density at radius 1 is 1.33 bits per heavy atom. The minimum Gasteiger partial charge on any atom is -0.389 e. The van der Waals surface area contributed by atoms with Crippen molar-refractivity contribution in [3.8, 4) is 0 Å². The Labute approximate surface area is 109 Å². The SMILES string of the molecule is CC1CN(c2ccc(C(C)O)cc2)CC(C)(C)O1. The van der Waals surface area contributed by atoms with Crippen LogP contribution in [-0.2, 0) is 4.74 Å². The minimum absolute atomic E-state index is 0.111. The van der Waals surface area contributed by atoms with Gasteiger partial charge >= 0.3 is 0 Å². The second-order valence-corrected chi connectivity index (χ2v) is 5.84. The summed E-state index contributed by atoms with van der Waals surface area (Å²) in [6.07, 6.45) is -0.163. The zero-order chi connectivity index (χ0) is 13.3. The topological polar surface area (TPSA) is 32.7 Å². The number of ether oxygens (including phenoxy) is 1. The van der Waals surface area contributed by atoms with Crippen molar-refractivity contribution in [2.24, 2.45) is 0 Å². The zero-order valence-electron chi connectivity index (χ0n) is 11.7. The van der Waals surface area contributed by atoms with E-state index in [9.17, 15) is 5.11 Å². The van der Waals surface area contributed by atoms with Crippen LogP contribution >= 0.6 is 0 Å². The van der Waals surface area contributed by atoms with Crippen molar-refractivity contribution in [3.05, 3.63) is 29.8 Å². The Hall–Kier alpha value is -1.06. The fourth-order valence-corrected chi connectivity index (χ4v) is 2.61. The summed E-state index contributed by atoms with van der Waals surface area (Å²) >= 11 is 0. The van der Waals surface area contributed by atoms with Crippen LogP contribution in [0.2, 0.25) is 0 Å². The quantitative estimate of drug-likeness (QED) is 0.874. The number of hydrogen-bond acceptors (Lipinski definition) is 3. The standard InChI is InChI=1S/C15H23NO2/c1-11-9-16(10-15(3,4)18-11)14-7-5-13(6-8-14)12(2)17/h5-8,11-12,17H,9-10H2,1-4H3. The van der Waals surface area contributed by atoms with Gasteiger partial charge in [0.25, 0.3) is 0 Å². The maximum atomic E-state index is 9.52. The summed E-state index contributed by atoms with van der Waals surface area (Å²) in [4.78, 5) is 2.35. The third kappa shape index (κ3) is 3.03. The van der Waals surface area contributed by atoms with Gasteiger partial charge in [-0.15, -0.1) is 0 Å². The first kappa shape index (κ1) is 13.4. The van der Waals surface area contributed by atoms with Gasteiger partial charge in [-0.3, -0.25) is 0 Å². The molecule has 1 heterocycles. The molecule has 18 heavy (non-hydrogen) atoms. The first-order valence-corrected chi connectivity index (χ1v) is 6.58. The van der Waals surface area contributed by atoms with Gasteiger partial charge in [-0.2, -0.15) is 0 Å². The van der Waals surface area contributed by atoms with Gasteiger partial charge in [0.1, 0.15) is 0 Å². The van der Waals surface area contributed by atoms with E-state index in [2.05, 4.69) is 37.8 Å². The third-order valence-electron chi connectivity index (χ3n) is 3.31. The Kier molecular flexibility index (Phi) is 3.64. The third-order valence-corrected chi connectivity index (χ3v) is 3.31. The van der Waals surface area contributed by atoms with Crippen LogP contribution in [0.25, 0.3) is 0 Å². The molecule has 0 spiro atoms. The Bertz CT molecular complexity index is 397. The molecule has 1 aromatic carbocycles. The van der Waals surface area contributed by atoms with E-state index in [1.807, 2.05) is 12.1 Å². The molecule has 1 fully saturated rings. The van der Waals surface area contributed by atoms with Crippen LogP contribution in [0.3, 0.4) is 0 Å². The first-order chi connectivity index (χ1) is 8.37. The molecule has 2 rings (SSSR count). The van der Waals surface area contributed by atoms with E-state index < -0.39 is 6.10 Å². The summed E-state index contributed by atoms with van der Waals surface area (Å²) in [5.74, 6) is 0. The summed E-state index contributed by atoms with van der Waals surface area (Å²) in [5, 5.41) is 9.52. The number of hydrogen-bond donors (Lipinski definition) is 1. The minimum atomic E-state index is -0.404. The molecular weight excluding hydrogens is 226 g/mol. The number of benzene rings is 1. The molecule has 0 aromatic heterocycles. The molecule has 0 bridgehead atoms. The molecule has 0 aliphatic carbocycles. The van der Waals surface area contributed by atoms with E-state index in [0.717, 1.165) is 18.7 Å². The van der Waals surface area contributed by atoms with Crippen LogP contribution in [0.4, 0.5) is 5.69 Å². The number of aliphatic hydroxyl groups is 1. The van der Waals surface area contributed by atoms with Crippen molar-refractivity contribution in [1.82, 2.24) is 0 Å². The van der Waals surface area contributed by atoms with Crippen molar-refractivity contribution < 1.29 is 9.84 Å². The van der Waals surface area contributed by atoms with Crippen LogP contribution in [0.5, 0.6) is 0 Å². The van der Waals surface area contributed by atoms with Gasteiger partial charge in [-0.25, -0.2) is 0 Å². The number of aliphatic hydroxyl groups excluding tert-OH is 1. The van der Waals surface area contributed by atoms with Gasteiger partial charge in [0.05, 0.1) is 17.8 Å². The summed E-state index contributed by atoms with van der Waals surface area (Å²) in [7, 11) is 0. The smallest absolute Gasteiger partial charge is 0.0805 e. The molecule has 2 unspecified atom stereocenters. The van der Waals surface area contributed by atoms with Gasteiger partial charge in [0.2, 0.25) is 0 Å². The number of morpholine rings is 1. The molecule has 1 aliphatic heterocycles. The van der Waals surface area contributed by atoms with Crippen molar-refractivity contribution in [1.29, 1.82) is 0 Å². The average Bonchev–Trinajstić information content (AvgIpc) is 2.26. The molecule has 3 heteroatoms. The molecule has 1 saturated heterocycles. The van der Waals surface area contributed by atoms with Crippen molar-refractivity contribution >= 4 is 5.69 Å². The van der Waals surface area contributed by atoms with Crippen molar-refractivity contribution in [2.75, 3.05) is 18.0 Å². The Morgan fingerprint density at radius 3 is 2.44 bits per heavy atom. The van der Waals surface area contributed by atoms with Crippen LogP contribution in [-0.4, -0.2) is 29.9 Å². The van der Waals surface area contributed by atoms with Crippen molar-refractivity contribution in [2.45, 2.75) is 45.5 Å². The largest absolute Gasteiger partial charge is 0.389 e. The highest BCUT2D eigenvalue weighted by molar-refractivity contribution is 5.48. The van der Waals surface area contributed by atoms with E-state index >= 15 is 0 Å². The average molecular weight is 249 g/mol. The van der Waals surface area contributed by atoms with Crippen LogP contribution in [0.15, 0.2) is 24.3 Å². The lowest BCUT2D eigenvalue weighted by Gasteiger charge is -2.43. The molecule has 2 atom stereocenters. The lowest BCUT2D eigenvalue weighted by Crippen LogP contribution is -2.52. The normalized spacial score (nSPS) is 24.9. The van der Waals surface area contributed by atoms with Gasteiger partial charge in [-0.05, 0) is 45.4 Å². The van der Waals surface area contributed by atoms with Gasteiger partial charge in [-0.1, -0.05) is 12.1 Å². The Balaban J connectivity index is 2.15. The first-order valence-electron chi connectivity index (χ1n) is 6.58. The van der Waals surface area contributed by atoms with Gasteiger partial charge in [0.15, 0.2) is 0 Å². The fourth-order valence-electron chi connectivity index (χ4n) is 2.61. The monoisotopic (exact) mass is 249 g/mol. The Morgan fingerprint density at radius 2 is 1.94 bits per heavy atom. The summed E-state index contributed by atoms with van der Waals surface area (Å²) in [5.41, 5.74) is 2.04. The molecule has 1 aliphatic rings. The molecule has 0 amide bonds. The number of anilines is 1. The lowest BCUT2D eigenvalue weighted by atomic mass is 10.0. The molecule has 1 aromatic rings. The summed E-state index contributed by atoms with van der Waals surface area (Å²) in [6, 6.07) is 8.15. The number of rotatable bonds is 2. The highest BCUT2D eigenvalue weighted by Gasteiger charge is 2.31. The molecule has 0 saturated carbocycles. The second-order valence-electron chi connectivity index (χ2n) is 5.84. The molecule has 0 radical (unpaired) electrons. The molecular formula is C15H23NO2. The van der Waals surface area contributed by atoms with Crippen LogP contribution in [0, 0.1) is 0 Å². The van der Waals surface area contributed by atoms with Crippen molar-refractivity contribution in [3.63, 3.8) is 0 Å². The maximum Gasteiger partial charge on any atom is 0.0805 e. The number of nitrogens with zero attached hydrogens (tertiary/aromatic N) is 1. The molecule has 100 valence electrons. The predicted molar refractivity (Wildman–Crippen MR) is 73.9 cm³/mol. The lowest BCUT2D eigenvalue weighted by molar-refractivity contribution is -0.0749. The molecule has 3 nitrogen and oxygen atoms in total. The van der Waals surface area contributed by atoms with Crippen LogP contribution < -0.4 is 4.90 Å². The highest BCUT2D eigenvalue weighted by Crippen LogP contribution is 2.26. The zero-order valence-corrected chi connectivity index (χ0v) is 11.7.